The Morgan fingerprint density at radius 2 is 1.77 bits per heavy atom. The fourth-order valence-corrected chi connectivity index (χ4v) is 4.01. The molecule has 1 saturated heterocycles. The number of pyridine rings is 1. The number of rotatable bonds is 5. The van der Waals surface area contributed by atoms with Gasteiger partial charge in [-0.05, 0) is 18.4 Å². The van der Waals surface area contributed by atoms with Crippen LogP contribution in [0.15, 0.2) is 71.3 Å². The van der Waals surface area contributed by atoms with Crippen LogP contribution < -0.4 is 5.32 Å². The van der Waals surface area contributed by atoms with Crippen molar-refractivity contribution in [2.45, 2.75) is 18.9 Å². The molecule has 1 N–H and O–H groups in total. The number of nitrogens with one attached hydrogen (secondary N) is 1. The molecule has 0 spiro atoms. The number of nitrogens with zero attached hydrogens (tertiary/aromatic N) is 2. The van der Waals surface area contributed by atoms with E-state index in [1.807, 2.05) is 48.5 Å². The number of ether oxygens (including phenoxy) is 1. The highest BCUT2D eigenvalue weighted by atomic mass is 16.5. The average molecular weight is 395 g/mol. The second kappa shape index (κ2) is 8.02. The Morgan fingerprint density at radius 3 is 2.43 bits per heavy atom. The van der Waals surface area contributed by atoms with Crippen LogP contribution in [0.5, 0.6) is 0 Å². The van der Waals surface area contributed by atoms with E-state index in [1.54, 1.807) is 6.20 Å². The van der Waals surface area contributed by atoms with Crippen molar-refractivity contribution in [2.24, 2.45) is 0 Å². The third-order valence-electron chi connectivity index (χ3n) is 5.45. The summed E-state index contributed by atoms with van der Waals surface area (Å²) < 4.78 is 12.0. The van der Waals surface area contributed by atoms with Gasteiger partial charge in [0.2, 0.25) is 11.4 Å². The summed E-state index contributed by atoms with van der Waals surface area (Å²) in [5.41, 5.74) is 4.72. The number of hydrogen-bond acceptors (Lipinski definition) is 4. The number of benzene rings is 2. The van der Waals surface area contributed by atoms with E-state index >= 15 is 0 Å². The zero-order valence-corrected chi connectivity index (χ0v) is 16.5. The zero-order chi connectivity index (χ0) is 20.3. The van der Waals surface area contributed by atoms with Crippen LogP contribution in [0.3, 0.4) is 0 Å². The Bertz CT molecular complexity index is 1200. The first-order valence-electron chi connectivity index (χ1n) is 10.1. The molecular weight excluding hydrogens is 374 g/mol. The van der Waals surface area contributed by atoms with Gasteiger partial charge in [-0.1, -0.05) is 60.7 Å². The smallest absolute Gasteiger partial charge is 0.228 e. The molecule has 30 heavy (non-hydrogen) atoms. The Balaban J connectivity index is 1.74. The third-order valence-corrected chi connectivity index (χ3v) is 5.45. The first-order chi connectivity index (χ1) is 14.8. The molecule has 1 aliphatic rings. The number of fused-ring (bicyclic) bond motifs is 1. The van der Waals surface area contributed by atoms with Crippen LogP contribution in [0.4, 0.5) is 11.4 Å². The van der Waals surface area contributed by atoms with Crippen molar-refractivity contribution in [3.63, 3.8) is 0 Å². The van der Waals surface area contributed by atoms with E-state index in [4.69, 9.17) is 15.7 Å². The van der Waals surface area contributed by atoms with Gasteiger partial charge in [0.05, 0.1) is 23.7 Å². The topological polar surface area (TPSA) is 51.7 Å². The van der Waals surface area contributed by atoms with Crippen LogP contribution in [-0.4, -0.2) is 24.2 Å². The predicted molar refractivity (Wildman–Crippen MR) is 119 cm³/mol. The molecule has 0 bridgehead atoms. The maximum Gasteiger partial charge on any atom is 0.228 e. The lowest BCUT2D eigenvalue weighted by molar-refractivity contribution is 0.120. The lowest BCUT2D eigenvalue weighted by Gasteiger charge is -2.14. The van der Waals surface area contributed by atoms with Gasteiger partial charge in [0, 0.05) is 30.5 Å². The maximum atomic E-state index is 7.68. The van der Waals surface area contributed by atoms with Gasteiger partial charge in [0.25, 0.3) is 0 Å². The lowest BCUT2D eigenvalue weighted by Crippen LogP contribution is -2.18. The molecule has 148 valence electrons. The van der Waals surface area contributed by atoms with E-state index in [2.05, 4.69) is 27.3 Å². The highest BCUT2D eigenvalue weighted by Crippen LogP contribution is 2.45. The summed E-state index contributed by atoms with van der Waals surface area (Å²) in [7, 11) is 0. The van der Waals surface area contributed by atoms with Crippen molar-refractivity contribution in [1.82, 2.24) is 4.98 Å². The quantitative estimate of drug-likeness (QED) is 0.403. The van der Waals surface area contributed by atoms with Crippen molar-refractivity contribution >= 4 is 22.5 Å². The van der Waals surface area contributed by atoms with Gasteiger partial charge in [0.1, 0.15) is 5.76 Å². The largest absolute Gasteiger partial charge is 0.437 e. The van der Waals surface area contributed by atoms with Gasteiger partial charge in [-0.25, -0.2) is 9.83 Å². The second-order valence-corrected chi connectivity index (χ2v) is 7.36. The molecule has 5 heteroatoms. The van der Waals surface area contributed by atoms with Crippen LogP contribution in [0.1, 0.15) is 12.8 Å². The van der Waals surface area contributed by atoms with Crippen LogP contribution in [0, 0.1) is 6.57 Å². The van der Waals surface area contributed by atoms with E-state index in [0.29, 0.717) is 17.9 Å². The molecule has 0 unspecified atom stereocenters. The van der Waals surface area contributed by atoms with Crippen LogP contribution in [0.2, 0.25) is 0 Å². The number of furan rings is 1. The summed E-state index contributed by atoms with van der Waals surface area (Å²) in [6.45, 7) is 9.13. The molecule has 1 fully saturated rings. The van der Waals surface area contributed by atoms with Gasteiger partial charge in [0.15, 0.2) is 0 Å². The summed E-state index contributed by atoms with van der Waals surface area (Å²) in [5.74, 6) is 0.756. The molecule has 0 aliphatic carbocycles. The normalized spacial score (nSPS) is 15.9. The highest BCUT2D eigenvalue weighted by molar-refractivity contribution is 6.10. The molecule has 5 rings (SSSR count). The van der Waals surface area contributed by atoms with Crippen molar-refractivity contribution < 1.29 is 9.15 Å². The van der Waals surface area contributed by atoms with Gasteiger partial charge in [-0.3, -0.25) is 0 Å². The molecule has 0 saturated carbocycles. The maximum absolute atomic E-state index is 7.68. The molecule has 5 nitrogen and oxygen atoms in total. The Kier molecular flexibility index (Phi) is 4.92. The van der Waals surface area contributed by atoms with Gasteiger partial charge in [-0.15, -0.1) is 0 Å². The first-order valence-corrected chi connectivity index (χ1v) is 10.1. The van der Waals surface area contributed by atoms with Crippen molar-refractivity contribution in [2.75, 3.05) is 18.5 Å². The average Bonchev–Trinajstić information content (AvgIpc) is 3.46. The molecule has 1 atom stereocenters. The van der Waals surface area contributed by atoms with Crippen LogP contribution in [-0.2, 0) is 4.74 Å². The van der Waals surface area contributed by atoms with Crippen molar-refractivity contribution in [3.8, 4) is 22.5 Å². The molecule has 3 heterocycles. The standard InChI is InChI=1S/C25H21N3O2/c1-26-20-16-28-25-22(23(20)27-15-19-13-8-14-29-19)21(17-9-4-2-5-10-17)24(30-25)18-11-6-3-7-12-18/h2-7,9-12,16,19H,8,13-15H2,(H,27,28)/t19-/m0/s1. The summed E-state index contributed by atoms with van der Waals surface area (Å²) in [4.78, 5) is 8.20. The molecule has 1 aliphatic heterocycles. The summed E-state index contributed by atoms with van der Waals surface area (Å²) in [6, 6.07) is 20.2. The number of aromatic nitrogens is 1. The minimum Gasteiger partial charge on any atom is -0.437 e. The fraction of sp³-hybridized carbons (Fsp3) is 0.200. The van der Waals surface area contributed by atoms with Crippen molar-refractivity contribution in [1.29, 1.82) is 0 Å². The minimum atomic E-state index is 0.160. The fourth-order valence-electron chi connectivity index (χ4n) is 4.01. The Hall–Kier alpha value is -3.62. The molecule has 0 amide bonds. The Morgan fingerprint density at radius 1 is 1.03 bits per heavy atom. The van der Waals surface area contributed by atoms with Crippen molar-refractivity contribution in [3.05, 3.63) is 78.3 Å². The highest BCUT2D eigenvalue weighted by Gasteiger charge is 2.24. The minimum absolute atomic E-state index is 0.160. The summed E-state index contributed by atoms with van der Waals surface area (Å²) >= 11 is 0. The molecular formula is C25H21N3O2. The van der Waals surface area contributed by atoms with Gasteiger partial charge < -0.3 is 14.5 Å². The van der Waals surface area contributed by atoms with Gasteiger partial charge >= 0.3 is 0 Å². The first kappa shape index (κ1) is 18.4. The van der Waals surface area contributed by atoms with E-state index < -0.39 is 0 Å². The lowest BCUT2D eigenvalue weighted by atomic mass is 9.98. The van der Waals surface area contributed by atoms with E-state index in [-0.39, 0.29) is 6.10 Å². The predicted octanol–water partition coefficient (Wildman–Crippen LogP) is 6.30. The number of anilines is 1. The van der Waals surface area contributed by atoms with Crippen LogP contribution in [0.25, 0.3) is 38.4 Å². The van der Waals surface area contributed by atoms with E-state index in [9.17, 15) is 0 Å². The van der Waals surface area contributed by atoms with E-state index in [0.717, 1.165) is 53.0 Å². The van der Waals surface area contributed by atoms with Crippen LogP contribution >= 0.6 is 0 Å². The molecule has 4 aromatic rings. The SMILES string of the molecule is [C-]#[N+]c1cnc2oc(-c3ccccc3)c(-c3ccccc3)c2c1NC[C@@H]1CCCO1. The molecule has 2 aromatic heterocycles. The van der Waals surface area contributed by atoms with E-state index in [1.165, 1.54) is 0 Å². The third kappa shape index (κ3) is 3.32. The molecule has 0 radical (unpaired) electrons. The second-order valence-electron chi connectivity index (χ2n) is 7.36. The zero-order valence-electron chi connectivity index (χ0n) is 16.5. The summed E-state index contributed by atoms with van der Waals surface area (Å²) in [5, 5.41) is 4.32. The Labute approximate surface area is 175 Å². The number of hydrogen-bond donors (Lipinski definition) is 1. The monoisotopic (exact) mass is 395 g/mol. The summed E-state index contributed by atoms with van der Waals surface area (Å²) in [6.07, 6.45) is 3.85. The van der Waals surface area contributed by atoms with Gasteiger partial charge in [-0.2, -0.15) is 0 Å². The molecule has 2 aromatic carbocycles.